The zero-order chi connectivity index (χ0) is 20.6. The van der Waals surface area contributed by atoms with E-state index in [1.807, 2.05) is 0 Å². The van der Waals surface area contributed by atoms with Gasteiger partial charge >= 0.3 is 0 Å². The van der Waals surface area contributed by atoms with E-state index in [-0.39, 0.29) is 6.10 Å². The molecule has 2 heteroatoms. The number of ether oxygens (including phenoxy) is 1. The first-order valence-corrected chi connectivity index (χ1v) is 12.7. The van der Waals surface area contributed by atoms with Crippen molar-refractivity contribution in [3.8, 4) is 0 Å². The average molecular weight is 401 g/mol. The van der Waals surface area contributed by atoms with Crippen molar-refractivity contribution in [1.29, 1.82) is 0 Å². The van der Waals surface area contributed by atoms with Crippen LogP contribution in [-0.2, 0) is 9.53 Å². The summed E-state index contributed by atoms with van der Waals surface area (Å²) in [4.78, 5) is 10.8. The quantitative estimate of drug-likeness (QED) is 0.254. The molecule has 0 spiro atoms. The molecule has 0 heterocycles. The highest BCUT2D eigenvalue weighted by atomic mass is 16.5. The van der Waals surface area contributed by atoms with Crippen LogP contribution in [0.2, 0.25) is 0 Å². The summed E-state index contributed by atoms with van der Waals surface area (Å²) in [7, 11) is 0. The van der Waals surface area contributed by atoms with Gasteiger partial charge in [-0.2, -0.15) is 0 Å². The van der Waals surface area contributed by atoms with E-state index in [1.54, 1.807) is 5.57 Å². The van der Waals surface area contributed by atoms with Gasteiger partial charge in [0.15, 0.2) is 0 Å². The van der Waals surface area contributed by atoms with Crippen molar-refractivity contribution in [1.82, 2.24) is 0 Å². The number of fused-ring (bicyclic) bond motifs is 5. The van der Waals surface area contributed by atoms with Crippen LogP contribution in [0.3, 0.4) is 0 Å². The third kappa shape index (κ3) is 3.83. The lowest BCUT2D eigenvalue weighted by Gasteiger charge is -2.58. The summed E-state index contributed by atoms with van der Waals surface area (Å²) < 4.78 is 5.35. The summed E-state index contributed by atoms with van der Waals surface area (Å²) in [5, 5.41) is 0. The second-order valence-electron chi connectivity index (χ2n) is 11.9. The Kier molecular flexibility index (Phi) is 6.20. The molecule has 0 bridgehead atoms. The fourth-order valence-electron chi connectivity index (χ4n) is 8.35. The van der Waals surface area contributed by atoms with E-state index < -0.39 is 0 Å². The lowest BCUT2D eigenvalue weighted by molar-refractivity contribution is -0.136. The number of carbonyl (C=O) groups excluding carboxylic acids is 1. The van der Waals surface area contributed by atoms with E-state index in [0.717, 1.165) is 42.4 Å². The molecule has 0 aromatic heterocycles. The standard InChI is InChI=1S/C27H44O2/c1-19(2)7-5-6-8-20-10-12-24-23-11-9-21-17-22(29-18-28)13-15-27(21,4)25(23)14-16-26(20,24)3/h9,18-20,22-25H,5-8,10-17H2,1-4H3/t20-,22-,23-,24-,25-,26+,27-/m0/s1. The maximum atomic E-state index is 10.8. The predicted octanol–water partition coefficient (Wildman–Crippen LogP) is 7.32. The highest BCUT2D eigenvalue weighted by Crippen LogP contribution is 2.66. The number of hydrogen-bond donors (Lipinski definition) is 0. The summed E-state index contributed by atoms with van der Waals surface area (Å²) in [6, 6.07) is 0. The molecule has 0 N–H and O–H groups in total. The Morgan fingerprint density at radius 2 is 1.93 bits per heavy atom. The first kappa shape index (κ1) is 21.4. The van der Waals surface area contributed by atoms with Crippen LogP contribution in [0.15, 0.2) is 11.6 Å². The molecule has 2 nitrogen and oxygen atoms in total. The van der Waals surface area contributed by atoms with Gasteiger partial charge in [0.1, 0.15) is 6.10 Å². The molecule has 0 unspecified atom stereocenters. The van der Waals surface area contributed by atoms with Gasteiger partial charge in [0, 0.05) is 6.42 Å². The van der Waals surface area contributed by atoms with Crippen molar-refractivity contribution in [2.75, 3.05) is 0 Å². The fraction of sp³-hybridized carbons (Fsp3) is 0.889. The van der Waals surface area contributed by atoms with Crippen LogP contribution in [-0.4, -0.2) is 12.6 Å². The molecule has 4 aliphatic carbocycles. The van der Waals surface area contributed by atoms with Crippen LogP contribution in [0, 0.1) is 40.4 Å². The van der Waals surface area contributed by atoms with Crippen molar-refractivity contribution in [3.63, 3.8) is 0 Å². The van der Waals surface area contributed by atoms with Crippen molar-refractivity contribution in [2.24, 2.45) is 40.4 Å². The van der Waals surface area contributed by atoms with Crippen LogP contribution >= 0.6 is 0 Å². The highest BCUT2D eigenvalue weighted by molar-refractivity contribution is 5.38. The lowest BCUT2D eigenvalue weighted by Crippen LogP contribution is -2.50. The summed E-state index contributed by atoms with van der Waals surface area (Å²) in [6.07, 6.45) is 18.8. The molecular formula is C27H44O2. The molecule has 4 aliphatic rings. The van der Waals surface area contributed by atoms with Crippen LogP contribution in [0.25, 0.3) is 0 Å². The largest absolute Gasteiger partial charge is 0.464 e. The summed E-state index contributed by atoms with van der Waals surface area (Å²) in [5.41, 5.74) is 2.57. The van der Waals surface area contributed by atoms with E-state index in [4.69, 9.17) is 4.74 Å². The summed E-state index contributed by atoms with van der Waals surface area (Å²) in [5.74, 6) is 4.52. The third-order valence-corrected chi connectivity index (χ3v) is 10.1. The van der Waals surface area contributed by atoms with Crippen LogP contribution in [0.5, 0.6) is 0 Å². The highest BCUT2D eigenvalue weighted by Gasteiger charge is 2.58. The molecule has 0 aliphatic heterocycles. The first-order valence-electron chi connectivity index (χ1n) is 12.7. The number of hydrogen-bond acceptors (Lipinski definition) is 2. The number of rotatable bonds is 7. The number of carbonyl (C=O) groups is 1. The molecule has 0 radical (unpaired) electrons. The lowest BCUT2D eigenvalue weighted by atomic mass is 9.47. The van der Waals surface area contributed by atoms with Gasteiger partial charge in [-0.3, -0.25) is 4.79 Å². The Hall–Kier alpha value is -0.790. The number of unbranched alkanes of at least 4 members (excludes halogenated alkanes) is 1. The van der Waals surface area contributed by atoms with E-state index in [2.05, 4.69) is 33.8 Å². The zero-order valence-corrected chi connectivity index (χ0v) is 19.4. The molecule has 29 heavy (non-hydrogen) atoms. The summed E-state index contributed by atoms with van der Waals surface area (Å²) >= 11 is 0. The fourth-order valence-corrected chi connectivity index (χ4v) is 8.35. The maximum Gasteiger partial charge on any atom is 0.293 e. The Morgan fingerprint density at radius 1 is 1.10 bits per heavy atom. The average Bonchev–Trinajstić information content (AvgIpc) is 3.02. The van der Waals surface area contributed by atoms with Gasteiger partial charge < -0.3 is 4.74 Å². The monoisotopic (exact) mass is 400 g/mol. The van der Waals surface area contributed by atoms with Gasteiger partial charge in [-0.25, -0.2) is 0 Å². The van der Waals surface area contributed by atoms with E-state index in [1.165, 1.54) is 64.2 Å². The van der Waals surface area contributed by atoms with Gasteiger partial charge in [0.05, 0.1) is 0 Å². The molecule has 0 saturated heterocycles. The Balaban J connectivity index is 1.44. The maximum absolute atomic E-state index is 10.8. The molecule has 3 saturated carbocycles. The van der Waals surface area contributed by atoms with E-state index in [9.17, 15) is 4.79 Å². The molecule has 3 fully saturated rings. The topological polar surface area (TPSA) is 26.3 Å². The second-order valence-corrected chi connectivity index (χ2v) is 11.9. The van der Waals surface area contributed by atoms with Gasteiger partial charge in [-0.1, -0.05) is 58.6 Å². The van der Waals surface area contributed by atoms with Crippen molar-refractivity contribution in [3.05, 3.63) is 11.6 Å². The molecular weight excluding hydrogens is 356 g/mol. The third-order valence-electron chi connectivity index (χ3n) is 10.1. The van der Waals surface area contributed by atoms with Crippen LogP contribution < -0.4 is 0 Å². The SMILES string of the molecule is CC(C)CCCC[C@H]1CC[C@H]2[C@@H]3CC=C4C[C@@H](OC=O)CC[C@]4(C)[C@H]3CC[C@]12C. The second kappa shape index (κ2) is 8.39. The van der Waals surface area contributed by atoms with Gasteiger partial charge in [0.2, 0.25) is 0 Å². The van der Waals surface area contributed by atoms with Crippen LogP contribution in [0.1, 0.15) is 105 Å². The van der Waals surface area contributed by atoms with Crippen molar-refractivity contribution in [2.45, 2.75) is 111 Å². The summed E-state index contributed by atoms with van der Waals surface area (Å²) in [6.45, 7) is 10.6. The van der Waals surface area contributed by atoms with Crippen molar-refractivity contribution >= 4 is 6.47 Å². The van der Waals surface area contributed by atoms with Gasteiger partial charge in [-0.05, 0) is 91.8 Å². The minimum absolute atomic E-state index is 0.124. The Morgan fingerprint density at radius 3 is 2.69 bits per heavy atom. The molecule has 0 aromatic rings. The molecule has 0 amide bonds. The smallest absolute Gasteiger partial charge is 0.293 e. The Labute approximate surface area is 179 Å². The normalized spacial score (nSPS) is 43.9. The van der Waals surface area contributed by atoms with Gasteiger partial charge in [0.25, 0.3) is 6.47 Å². The molecule has 7 atom stereocenters. The number of allylic oxidation sites excluding steroid dienone is 1. The Bertz CT molecular complexity index is 622. The first-order chi connectivity index (χ1) is 13.9. The predicted molar refractivity (Wildman–Crippen MR) is 119 cm³/mol. The minimum atomic E-state index is 0.124. The molecule has 164 valence electrons. The van der Waals surface area contributed by atoms with Crippen molar-refractivity contribution < 1.29 is 9.53 Å². The van der Waals surface area contributed by atoms with E-state index >= 15 is 0 Å². The minimum Gasteiger partial charge on any atom is -0.464 e. The molecule has 4 rings (SSSR count). The van der Waals surface area contributed by atoms with Crippen LogP contribution in [0.4, 0.5) is 0 Å². The van der Waals surface area contributed by atoms with E-state index in [0.29, 0.717) is 17.3 Å². The van der Waals surface area contributed by atoms with Gasteiger partial charge in [-0.15, -0.1) is 0 Å². The zero-order valence-electron chi connectivity index (χ0n) is 19.4. The molecule has 0 aromatic carbocycles.